The first-order valence-corrected chi connectivity index (χ1v) is 30.0. The highest BCUT2D eigenvalue weighted by Crippen LogP contribution is 2.35. The van der Waals surface area contributed by atoms with E-state index in [1.54, 1.807) is 43.3 Å². The van der Waals surface area contributed by atoms with Gasteiger partial charge in [0.1, 0.15) is 6.04 Å². The van der Waals surface area contributed by atoms with E-state index in [0.29, 0.717) is 50.4 Å². The second kappa shape index (κ2) is 26.5. The van der Waals surface area contributed by atoms with Gasteiger partial charge in [0.05, 0.1) is 58.4 Å². The fourth-order valence-corrected chi connectivity index (χ4v) is 10.5. The lowest BCUT2D eigenvalue weighted by atomic mass is 10.1. The third-order valence-electron chi connectivity index (χ3n) is 11.5. The van der Waals surface area contributed by atoms with E-state index in [2.05, 4.69) is 40.4 Å². The van der Waals surface area contributed by atoms with E-state index < -0.39 is 30.1 Å². The summed E-state index contributed by atoms with van der Waals surface area (Å²) < 4.78 is 88.6. The van der Waals surface area contributed by atoms with Gasteiger partial charge in [0.25, 0.3) is 5.89 Å². The Morgan fingerprint density at radius 2 is 0.899 bits per heavy atom. The van der Waals surface area contributed by atoms with E-state index in [1.165, 1.54) is 0 Å². The summed E-state index contributed by atoms with van der Waals surface area (Å²) in [5.41, 5.74) is 7.63. The van der Waals surface area contributed by atoms with Gasteiger partial charge >= 0.3 is 12.3 Å². The van der Waals surface area contributed by atoms with Crippen LogP contribution in [0.3, 0.4) is 0 Å². The summed E-state index contributed by atoms with van der Waals surface area (Å²) in [6.45, 7) is 4.55. The first-order valence-electron chi connectivity index (χ1n) is 23.2. The minimum absolute atomic E-state index is 0.109. The van der Waals surface area contributed by atoms with Gasteiger partial charge in [0.15, 0.2) is 5.82 Å². The number of carbonyl (C=O) groups excluding carboxylic acids is 4. The molecule has 2 unspecified atom stereocenters. The molecule has 410 valence electrons. The van der Waals surface area contributed by atoms with Gasteiger partial charge in [-0.25, -0.2) is 25.3 Å². The van der Waals surface area contributed by atoms with Crippen LogP contribution in [-0.2, 0) is 55.8 Å². The Kier molecular flexibility index (Phi) is 20.2. The van der Waals surface area contributed by atoms with Crippen molar-refractivity contribution in [2.45, 2.75) is 32.5 Å². The highest BCUT2D eigenvalue weighted by molar-refractivity contribution is 7.92. The van der Waals surface area contributed by atoms with Crippen LogP contribution in [-0.4, -0.2) is 80.2 Å². The van der Waals surface area contributed by atoms with Crippen molar-refractivity contribution in [2.75, 3.05) is 32.9 Å². The molecule has 3 N–H and O–H groups in total. The zero-order chi connectivity index (χ0) is 57.7. The first kappa shape index (κ1) is 60.2. The Bertz CT molecular complexity index is 4120. The number of hydrogen-bond acceptors (Lipinski definition) is 13. The van der Waals surface area contributed by atoms with Crippen LogP contribution in [0.4, 0.5) is 17.1 Å². The maximum Gasteiger partial charge on any atom is 0.373 e. The number of halogens is 3. The number of nitrogens with zero attached hydrogens (tertiary/aromatic N) is 5. The van der Waals surface area contributed by atoms with Gasteiger partial charge in [0, 0.05) is 56.4 Å². The average Bonchev–Trinajstić information content (AvgIpc) is 4.21. The summed E-state index contributed by atoms with van der Waals surface area (Å²) in [6, 6.07) is 44.8. The van der Waals surface area contributed by atoms with Gasteiger partial charge in [-0.1, -0.05) is 94.6 Å². The molecule has 10 rings (SSSR count). The van der Waals surface area contributed by atoms with Crippen molar-refractivity contribution in [1.29, 1.82) is 0 Å². The Morgan fingerprint density at radius 1 is 0.519 bits per heavy atom. The molecule has 0 aliphatic heterocycles. The minimum atomic E-state index is -3.40. The summed E-state index contributed by atoms with van der Waals surface area (Å²) in [5.74, 6) is 0.962. The van der Waals surface area contributed by atoms with Crippen molar-refractivity contribution in [3.05, 3.63) is 208 Å². The van der Waals surface area contributed by atoms with Crippen LogP contribution in [0.5, 0.6) is 0 Å². The second-order valence-corrected chi connectivity index (χ2v) is 23.9. The fourth-order valence-electron chi connectivity index (χ4n) is 8.35. The predicted octanol–water partition coefficient (Wildman–Crippen LogP) is 10.8. The number of nitrogens with one attached hydrogen (secondary N) is 3. The number of rotatable bonds is 13. The van der Waals surface area contributed by atoms with Crippen molar-refractivity contribution < 1.29 is 49.0 Å². The molecule has 2 atom stereocenters. The summed E-state index contributed by atoms with van der Waals surface area (Å²) in [4.78, 5) is 36.9. The Hall–Kier alpha value is -8.04. The molecule has 0 aliphatic carbocycles. The minimum Gasteiger partial charge on any atom is -0.343 e. The van der Waals surface area contributed by atoms with Crippen LogP contribution in [0, 0.1) is 6.92 Å². The normalized spacial score (nSPS) is 11.9. The Morgan fingerprint density at radius 3 is 1.33 bits per heavy atom. The number of hydrogen-bond donors (Lipinski definition) is 3. The third-order valence-corrected chi connectivity index (χ3v) is 14.0. The predicted molar refractivity (Wildman–Crippen MR) is 305 cm³/mol. The molecule has 0 bridgehead atoms. The Balaban J connectivity index is 0.000000183. The van der Waals surface area contributed by atoms with E-state index in [-0.39, 0.29) is 24.4 Å². The molecule has 0 saturated heterocycles. The standard InChI is InChI=1S/C19H17ClN4O3S.C17H17ClN2O2S.C16H15ClN2O2S.2CO2/c1-12-21-19(27-22-12)18(13-6-8-14(20)9-7-13)24-11-10-15-16(23-28(2,25)26)4-3-5-17(15)24;1-12(13-6-8-14(18)9-7-13)20-11-10-15-16(19-23(2,21)22)4-3-5-17(15)20;1-22(20,21)18-15-3-2-4-16-14(15)9-10-19(16)11-12-5-7-13(17)8-6-12;2*2-1-3/h3-11,18,23H,1-2H3;3-12,19H,1-2H3;2-10,18H,11H2,1H3;;. The maximum atomic E-state index is 11.7. The fraction of sp³-hybridized carbons (Fsp3) is 0.148. The lowest BCUT2D eigenvalue weighted by Gasteiger charge is -2.17. The maximum absolute atomic E-state index is 11.7. The number of anilines is 3. The van der Waals surface area contributed by atoms with Crippen molar-refractivity contribution in [2.24, 2.45) is 0 Å². The molecule has 79 heavy (non-hydrogen) atoms. The molecule has 19 nitrogen and oxygen atoms in total. The zero-order valence-electron chi connectivity index (χ0n) is 42.5. The topological polar surface area (TPSA) is 260 Å². The molecule has 0 radical (unpaired) electrons. The monoisotopic (exact) mass is 1190 g/mol. The molecular formula is C54H49Cl3N8O11S3. The zero-order valence-corrected chi connectivity index (χ0v) is 47.3. The van der Waals surface area contributed by atoms with Crippen molar-refractivity contribution in [3.8, 4) is 0 Å². The smallest absolute Gasteiger partial charge is 0.343 e. The quantitative estimate of drug-likeness (QED) is 0.0971. The van der Waals surface area contributed by atoms with Gasteiger partial charge in [-0.3, -0.25) is 14.2 Å². The first-order chi connectivity index (χ1) is 37.4. The van der Waals surface area contributed by atoms with Gasteiger partial charge < -0.3 is 18.2 Å². The summed E-state index contributed by atoms with van der Waals surface area (Å²) in [5, 5.41) is 8.48. The lowest BCUT2D eigenvalue weighted by molar-refractivity contribution is -0.193. The molecule has 6 aromatic carbocycles. The van der Waals surface area contributed by atoms with E-state index in [0.717, 1.165) is 68.2 Å². The average molecular weight is 1190 g/mol. The van der Waals surface area contributed by atoms with Gasteiger partial charge in [-0.2, -0.15) is 24.2 Å². The van der Waals surface area contributed by atoms with Gasteiger partial charge in [-0.05, 0) is 122 Å². The van der Waals surface area contributed by atoms with Crippen LogP contribution < -0.4 is 14.2 Å². The number of fused-ring (bicyclic) bond motifs is 3. The van der Waals surface area contributed by atoms with Crippen LogP contribution in [0.25, 0.3) is 32.7 Å². The molecular weight excluding hydrogens is 1140 g/mol. The molecule has 0 aliphatic rings. The number of sulfonamides is 3. The van der Waals surface area contributed by atoms with Crippen molar-refractivity contribution in [1.82, 2.24) is 23.8 Å². The molecule has 0 amide bonds. The summed E-state index contributed by atoms with van der Waals surface area (Å²) in [6.07, 6.45) is 9.72. The van der Waals surface area contributed by atoms with E-state index in [9.17, 15) is 25.3 Å². The number of benzene rings is 6. The van der Waals surface area contributed by atoms with Crippen molar-refractivity contribution >= 4 is 127 Å². The van der Waals surface area contributed by atoms with Crippen molar-refractivity contribution in [3.63, 3.8) is 0 Å². The highest BCUT2D eigenvalue weighted by atomic mass is 35.5. The van der Waals surface area contributed by atoms with E-state index in [4.69, 9.17) is 58.5 Å². The largest absolute Gasteiger partial charge is 0.373 e. The van der Waals surface area contributed by atoms with Crippen LogP contribution >= 0.6 is 34.8 Å². The number of aryl methyl sites for hydroxylation is 1. The van der Waals surface area contributed by atoms with Crippen LogP contribution in [0.2, 0.25) is 15.1 Å². The molecule has 4 aromatic heterocycles. The van der Waals surface area contributed by atoms with Crippen LogP contribution in [0.15, 0.2) is 169 Å². The molecule has 4 heterocycles. The molecule has 0 saturated carbocycles. The molecule has 10 aromatic rings. The molecule has 25 heteroatoms. The molecule has 0 fully saturated rings. The second-order valence-electron chi connectivity index (χ2n) is 17.4. The van der Waals surface area contributed by atoms with Gasteiger partial charge in [0.2, 0.25) is 30.1 Å². The van der Waals surface area contributed by atoms with Crippen LogP contribution in [0.1, 0.15) is 47.4 Å². The van der Waals surface area contributed by atoms with Gasteiger partial charge in [-0.15, -0.1) is 0 Å². The SMILES string of the molecule is CC(c1ccc(Cl)cc1)n1ccc2c(NS(C)(=O)=O)cccc21.CS(=O)(=O)Nc1cccc2c1ccn2Cc1ccc(Cl)cc1.Cc1noc(C(c2ccc(Cl)cc2)n2ccc3c(NS(C)(=O)=O)cccc32)n1.O=C=O.O=C=O. The highest BCUT2D eigenvalue weighted by Gasteiger charge is 2.25. The third kappa shape index (κ3) is 16.7. The van der Waals surface area contributed by atoms with E-state index >= 15 is 0 Å². The summed E-state index contributed by atoms with van der Waals surface area (Å²) >= 11 is 17.9. The Labute approximate surface area is 469 Å². The molecule has 0 spiro atoms. The van der Waals surface area contributed by atoms with E-state index in [1.807, 2.05) is 132 Å². The lowest BCUT2D eigenvalue weighted by Crippen LogP contribution is -2.12. The summed E-state index contributed by atoms with van der Waals surface area (Å²) in [7, 11) is -10.0. The number of aromatic nitrogens is 5.